The third-order valence-electron chi connectivity index (χ3n) is 2.72. The number of hydrogen-bond acceptors (Lipinski definition) is 5. The van der Waals surface area contributed by atoms with Crippen LogP contribution in [0.15, 0.2) is 29.2 Å². The molecule has 0 bridgehead atoms. The quantitative estimate of drug-likeness (QED) is 0.863. The average Bonchev–Trinajstić information content (AvgIpc) is 2.74. The SMILES string of the molecule is CC(=O)Nc1ccc(S(=O)(=O)N[C@H]2CCSC2=O)cc1. The highest BCUT2D eigenvalue weighted by molar-refractivity contribution is 8.14. The van der Waals surface area contributed by atoms with Gasteiger partial charge in [-0.05, 0) is 30.7 Å². The van der Waals surface area contributed by atoms with Crippen molar-refractivity contribution in [2.24, 2.45) is 0 Å². The van der Waals surface area contributed by atoms with Crippen LogP contribution in [0, 0.1) is 0 Å². The predicted molar refractivity (Wildman–Crippen MR) is 76.9 cm³/mol. The lowest BCUT2D eigenvalue weighted by Gasteiger charge is -2.11. The van der Waals surface area contributed by atoms with E-state index in [1.807, 2.05) is 0 Å². The molecule has 1 fully saturated rings. The summed E-state index contributed by atoms with van der Waals surface area (Å²) in [7, 11) is -3.72. The van der Waals surface area contributed by atoms with Crippen LogP contribution in [0.3, 0.4) is 0 Å². The van der Waals surface area contributed by atoms with Gasteiger partial charge in [-0.3, -0.25) is 9.59 Å². The van der Waals surface area contributed by atoms with Gasteiger partial charge >= 0.3 is 0 Å². The number of carbonyl (C=O) groups excluding carboxylic acids is 2. The summed E-state index contributed by atoms with van der Waals surface area (Å²) in [5.74, 6) is 0.403. The molecule has 1 saturated heterocycles. The molecule has 1 atom stereocenters. The highest BCUT2D eigenvalue weighted by Gasteiger charge is 2.30. The topological polar surface area (TPSA) is 92.3 Å². The first-order chi connectivity index (χ1) is 9.38. The first kappa shape index (κ1) is 15.0. The monoisotopic (exact) mass is 314 g/mol. The third kappa shape index (κ3) is 3.59. The Morgan fingerprint density at radius 1 is 1.30 bits per heavy atom. The molecule has 0 saturated carbocycles. The summed E-state index contributed by atoms with van der Waals surface area (Å²) in [5, 5.41) is 2.40. The lowest BCUT2D eigenvalue weighted by Crippen LogP contribution is -2.37. The summed E-state index contributed by atoms with van der Waals surface area (Å²) in [6.07, 6.45) is 0.507. The van der Waals surface area contributed by atoms with E-state index in [1.165, 1.54) is 31.2 Å². The normalized spacial score (nSPS) is 19.1. The van der Waals surface area contributed by atoms with Gasteiger partial charge in [-0.15, -0.1) is 0 Å². The minimum absolute atomic E-state index is 0.0660. The summed E-state index contributed by atoms with van der Waals surface area (Å²) in [6.45, 7) is 1.37. The van der Waals surface area contributed by atoms with Crippen molar-refractivity contribution >= 4 is 38.5 Å². The van der Waals surface area contributed by atoms with E-state index < -0.39 is 16.1 Å². The number of benzene rings is 1. The third-order valence-corrected chi connectivity index (χ3v) is 5.21. The molecule has 2 N–H and O–H groups in total. The average molecular weight is 314 g/mol. The van der Waals surface area contributed by atoms with Crippen molar-refractivity contribution in [3.05, 3.63) is 24.3 Å². The van der Waals surface area contributed by atoms with Crippen LogP contribution in [0.2, 0.25) is 0 Å². The van der Waals surface area contributed by atoms with Crippen molar-refractivity contribution in [2.75, 3.05) is 11.1 Å². The molecule has 1 aromatic rings. The Hall–Kier alpha value is -1.38. The number of carbonyl (C=O) groups is 2. The maximum atomic E-state index is 12.1. The van der Waals surface area contributed by atoms with Crippen molar-refractivity contribution in [1.82, 2.24) is 4.72 Å². The molecule has 1 aromatic carbocycles. The highest BCUT2D eigenvalue weighted by atomic mass is 32.2. The van der Waals surface area contributed by atoms with Crippen molar-refractivity contribution in [3.63, 3.8) is 0 Å². The van der Waals surface area contributed by atoms with Crippen LogP contribution in [0.4, 0.5) is 5.69 Å². The zero-order valence-electron chi connectivity index (χ0n) is 10.8. The Morgan fingerprint density at radius 2 is 1.95 bits per heavy atom. The van der Waals surface area contributed by atoms with Gasteiger partial charge < -0.3 is 5.32 Å². The molecule has 1 amide bonds. The van der Waals surface area contributed by atoms with Gasteiger partial charge in [0, 0.05) is 18.4 Å². The zero-order chi connectivity index (χ0) is 14.8. The Balaban J connectivity index is 2.13. The Labute approximate surface area is 121 Å². The molecule has 20 heavy (non-hydrogen) atoms. The Kier molecular flexibility index (Phi) is 4.46. The van der Waals surface area contributed by atoms with E-state index in [9.17, 15) is 18.0 Å². The number of rotatable bonds is 4. The lowest BCUT2D eigenvalue weighted by molar-refractivity contribution is -0.114. The minimum Gasteiger partial charge on any atom is -0.326 e. The second-order valence-electron chi connectivity index (χ2n) is 4.34. The lowest BCUT2D eigenvalue weighted by atomic mass is 10.3. The van der Waals surface area contributed by atoms with Crippen molar-refractivity contribution in [1.29, 1.82) is 0 Å². The fourth-order valence-electron chi connectivity index (χ4n) is 1.78. The van der Waals surface area contributed by atoms with Crippen LogP contribution < -0.4 is 10.0 Å². The first-order valence-electron chi connectivity index (χ1n) is 5.95. The molecule has 0 spiro atoms. The van der Waals surface area contributed by atoms with E-state index in [0.29, 0.717) is 17.9 Å². The van der Waals surface area contributed by atoms with Gasteiger partial charge in [0.15, 0.2) is 0 Å². The fourth-order valence-corrected chi connectivity index (χ4v) is 4.02. The van der Waals surface area contributed by atoms with E-state index in [2.05, 4.69) is 10.0 Å². The maximum absolute atomic E-state index is 12.1. The number of thioether (sulfide) groups is 1. The smallest absolute Gasteiger partial charge is 0.241 e. The molecule has 0 aliphatic carbocycles. The van der Waals surface area contributed by atoms with Crippen molar-refractivity contribution < 1.29 is 18.0 Å². The standard InChI is InChI=1S/C12H14N2O4S2/c1-8(15)13-9-2-4-10(5-3-9)20(17,18)14-11-6-7-19-12(11)16/h2-5,11,14H,6-7H2,1H3,(H,13,15)/t11-/m0/s1. The molecule has 108 valence electrons. The molecular formula is C12H14N2O4S2. The molecule has 0 radical (unpaired) electrons. The van der Waals surface area contributed by atoms with Crippen LogP contribution in [0.1, 0.15) is 13.3 Å². The molecule has 8 heteroatoms. The highest BCUT2D eigenvalue weighted by Crippen LogP contribution is 2.22. The minimum atomic E-state index is -3.72. The second-order valence-corrected chi connectivity index (χ2v) is 7.15. The Morgan fingerprint density at radius 3 is 2.45 bits per heavy atom. The Bertz CT molecular complexity index is 625. The van der Waals surface area contributed by atoms with Crippen LogP contribution in [-0.4, -0.2) is 31.2 Å². The van der Waals surface area contributed by atoms with Crippen LogP contribution >= 0.6 is 11.8 Å². The van der Waals surface area contributed by atoms with E-state index in [0.717, 1.165) is 11.8 Å². The molecule has 0 aromatic heterocycles. The second kappa shape index (κ2) is 5.94. The predicted octanol–water partition coefficient (Wildman–Crippen LogP) is 0.955. The van der Waals surface area contributed by atoms with Gasteiger partial charge in [0.2, 0.25) is 21.0 Å². The number of anilines is 1. The summed E-state index contributed by atoms with van der Waals surface area (Å²) >= 11 is 1.14. The summed E-state index contributed by atoms with van der Waals surface area (Å²) in [5.41, 5.74) is 0.518. The first-order valence-corrected chi connectivity index (χ1v) is 8.42. The molecule has 0 unspecified atom stereocenters. The molecule has 1 aliphatic rings. The van der Waals surface area contributed by atoms with Gasteiger partial charge in [0.1, 0.15) is 0 Å². The van der Waals surface area contributed by atoms with E-state index in [-0.39, 0.29) is 15.9 Å². The van der Waals surface area contributed by atoms with Gasteiger partial charge in [-0.25, -0.2) is 8.42 Å². The molecule has 1 heterocycles. The number of hydrogen-bond donors (Lipinski definition) is 2. The maximum Gasteiger partial charge on any atom is 0.241 e. The van der Waals surface area contributed by atoms with Gasteiger partial charge in [-0.2, -0.15) is 4.72 Å². The number of sulfonamides is 1. The molecule has 1 aliphatic heterocycles. The van der Waals surface area contributed by atoms with E-state index in [1.54, 1.807) is 0 Å². The number of amides is 1. The van der Waals surface area contributed by atoms with Crippen LogP contribution in [0.25, 0.3) is 0 Å². The fraction of sp³-hybridized carbons (Fsp3) is 0.333. The number of nitrogens with one attached hydrogen (secondary N) is 2. The van der Waals surface area contributed by atoms with Crippen LogP contribution in [-0.2, 0) is 19.6 Å². The zero-order valence-corrected chi connectivity index (χ0v) is 12.4. The van der Waals surface area contributed by atoms with Crippen molar-refractivity contribution in [3.8, 4) is 0 Å². The molecule has 6 nitrogen and oxygen atoms in total. The van der Waals surface area contributed by atoms with E-state index >= 15 is 0 Å². The van der Waals surface area contributed by atoms with E-state index in [4.69, 9.17) is 0 Å². The molecule has 2 rings (SSSR count). The molecular weight excluding hydrogens is 300 g/mol. The largest absolute Gasteiger partial charge is 0.326 e. The van der Waals surface area contributed by atoms with Gasteiger partial charge in [-0.1, -0.05) is 11.8 Å². The van der Waals surface area contributed by atoms with Gasteiger partial charge in [0.25, 0.3) is 0 Å². The van der Waals surface area contributed by atoms with Crippen molar-refractivity contribution in [2.45, 2.75) is 24.3 Å². The summed E-state index contributed by atoms with van der Waals surface area (Å²) < 4.78 is 26.6. The van der Waals surface area contributed by atoms with Crippen LogP contribution in [0.5, 0.6) is 0 Å². The summed E-state index contributed by atoms with van der Waals surface area (Å²) in [6, 6.07) is 5.13. The van der Waals surface area contributed by atoms with Gasteiger partial charge in [0.05, 0.1) is 10.9 Å². The summed E-state index contributed by atoms with van der Waals surface area (Å²) in [4.78, 5) is 22.4.